The summed E-state index contributed by atoms with van der Waals surface area (Å²) < 4.78 is 1.03. The van der Waals surface area contributed by atoms with Crippen LogP contribution in [0, 0.1) is 12.8 Å². The third-order valence-corrected chi connectivity index (χ3v) is 5.10. The van der Waals surface area contributed by atoms with Crippen molar-refractivity contribution in [3.63, 3.8) is 0 Å². The summed E-state index contributed by atoms with van der Waals surface area (Å²) >= 11 is 1.57. The van der Waals surface area contributed by atoms with Crippen molar-refractivity contribution in [2.75, 3.05) is 24.1 Å². The number of aryl methyl sites for hydroxylation is 1. The van der Waals surface area contributed by atoms with Crippen LogP contribution in [0.5, 0.6) is 0 Å². The molecule has 168 valence electrons. The number of aromatic nitrogens is 2. The second-order valence-corrected chi connectivity index (χ2v) is 8.25. The SMILES string of the molecule is C=c1scn/c1=C/C=C\C.CC(=O)Nc1cnc(N)c(C)c1.CC1CCCN(C=O)C1. The lowest BCUT2D eigenvalue weighted by molar-refractivity contribution is -0.119. The number of allylic oxidation sites excluding steroid dienone is 2. The van der Waals surface area contributed by atoms with Crippen LogP contribution in [0.4, 0.5) is 11.5 Å². The van der Waals surface area contributed by atoms with E-state index in [0.717, 1.165) is 34.9 Å². The number of hydrogen-bond acceptors (Lipinski definition) is 6. The molecule has 0 bridgehead atoms. The molecular formula is C23H33N5O2S. The van der Waals surface area contributed by atoms with Crippen molar-refractivity contribution in [2.24, 2.45) is 5.92 Å². The van der Waals surface area contributed by atoms with Gasteiger partial charge in [-0.3, -0.25) is 9.59 Å². The first-order chi connectivity index (χ1) is 14.8. The lowest BCUT2D eigenvalue weighted by Crippen LogP contribution is -2.32. The predicted octanol–water partition coefficient (Wildman–Crippen LogP) is 2.72. The van der Waals surface area contributed by atoms with E-state index in [2.05, 4.69) is 28.8 Å². The minimum absolute atomic E-state index is 0.110. The molecule has 3 rings (SSSR count). The Hall–Kier alpha value is -3.00. The number of amides is 2. The molecule has 3 N–H and O–H groups in total. The average molecular weight is 444 g/mol. The Morgan fingerprint density at radius 2 is 2.16 bits per heavy atom. The van der Waals surface area contributed by atoms with Crippen molar-refractivity contribution in [1.82, 2.24) is 14.9 Å². The lowest BCUT2D eigenvalue weighted by Gasteiger charge is -2.27. The molecule has 1 aliphatic heterocycles. The molecule has 8 heteroatoms. The summed E-state index contributed by atoms with van der Waals surface area (Å²) in [6.07, 6.45) is 10.8. The Labute approximate surface area is 188 Å². The lowest BCUT2D eigenvalue weighted by atomic mass is 10.0. The Morgan fingerprint density at radius 3 is 2.65 bits per heavy atom. The van der Waals surface area contributed by atoms with Crippen LogP contribution in [-0.4, -0.2) is 40.3 Å². The number of thiazole rings is 1. The van der Waals surface area contributed by atoms with Crippen LogP contribution in [0.15, 0.2) is 29.9 Å². The smallest absolute Gasteiger partial charge is 0.221 e. The second kappa shape index (κ2) is 14.1. The fourth-order valence-corrected chi connectivity index (χ4v) is 3.32. The number of nitrogens with one attached hydrogen (secondary N) is 1. The van der Waals surface area contributed by atoms with Crippen LogP contribution in [0.3, 0.4) is 0 Å². The Morgan fingerprint density at radius 1 is 1.42 bits per heavy atom. The number of piperidine rings is 1. The maximum Gasteiger partial charge on any atom is 0.221 e. The predicted molar refractivity (Wildman–Crippen MR) is 130 cm³/mol. The minimum atomic E-state index is -0.110. The molecule has 2 aromatic heterocycles. The molecule has 1 atom stereocenters. The minimum Gasteiger partial charge on any atom is -0.383 e. The molecule has 1 fully saturated rings. The number of carbonyl (C=O) groups excluding carboxylic acids is 2. The van der Waals surface area contributed by atoms with E-state index in [9.17, 15) is 9.59 Å². The van der Waals surface area contributed by atoms with Crippen molar-refractivity contribution < 1.29 is 9.59 Å². The maximum absolute atomic E-state index is 10.6. The summed E-state index contributed by atoms with van der Waals surface area (Å²) in [5.41, 5.74) is 8.84. The standard InChI is InChI=1S/C8H11N3O.C8H9NS.C7H13NO/c1-5-3-7(11-6(2)12)4-10-8(5)9;1-3-4-5-8-7(2)10-6-9-8;1-7-3-2-4-8(5-7)6-9/h3-4H,1-2H3,(H2,9,10)(H,11,12);3-6H,2H2,1H3;6-7H,2-5H2,1H3/b;4-3-,8-5+;. The Balaban J connectivity index is 0.000000235. The van der Waals surface area contributed by atoms with Crippen molar-refractivity contribution >= 4 is 47.8 Å². The summed E-state index contributed by atoms with van der Waals surface area (Å²) in [4.78, 5) is 30.7. The van der Waals surface area contributed by atoms with Gasteiger partial charge in [0.05, 0.1) is 22.7 Å². The molecule has 0 spiro atoms. The third kappa shape index (κ3) is 10.5. The molecule has 7 nitrogen and oxygen atoms in total. The molecule has 0 aliphatic carbocycles. The van der Waals surface area contributed by atoms with E-state index >= 15 is 0 Å². The van der Waals surface area contributed by atoms with Gasteiger partial charge in [0, 0.05) is 24.5 Å². The van der Waals surface area contributed by atoms with Crippen molar-refractivity contribution in [3.05, 3.63) is 45.4 Å². The first-order valence-electron chi connectivity index (χ1n) is 10.2. The van der Waals surface area contributed by atoms with Crippen LogP contribution in [0.25, 0.3) is 12.7 Å². The fourth-order valence-electron chi connectivity index (χ4n) is 2.78. The van der Waals surface area contributed by atoms with E-state index in [1.165, 1.54) is 26.0 Å². The van der Waals surface area contributed by atoms with Gasteiger partial charge in [0.25, 0.3) is 0 Å². The molecule has 1 saturated heterocycles. The van der Waals surface area contributed by atoms with Gasteiger partial charge in [0.1, 0.15) is 5.82 Å². The molecule has 0 saturated carbocycles. The Kier molecular flexibility index (Phi) is 11.8. The first kappa shape index (κ1) is 26.0. The largest absolute Gasteiger partial charge is 0.383 e. The van der Waals surface area contributed by atoms with E-state index in [0.29, 0.717) is 17.4 Å². The zero-order valence-corrected chi connectivity index (χ0v) is 19.6. The van der Waals surface area contributed by atoms with E-state index < -0.39 is 0 Å². The number of nitrogens with two attached hydrogens (primary N) is 1. The summed E-state index contributed by atoms with van der Waals surface area (Å²) in [6.45, 7) is 13.2. The summed E-state index contributed by atoms with van der Waals surface area (Å²) in [7, 11) is 0. The quantitative estimate of drug-likeness (QED) is 0.711. The first-order valence-corrected chi connectivity index (χ1v) is 11.0. The van der Waals surface area contributed by atoms with E-state index in [4.69, 9.17) is 5.73 Å². The fraction of sp³-hybridized carbons (Fsp3) is 0.391. The normalized spacial score (nSPS) is 16.1. The number of nitrogens with zero attached hydrogens (tertiary/aromatic N) is 3. The summed E-state index contributed by atoms with van der Waals surface area (Å²) in [6, 6.07) is 1.78. The molecule has 1 unspecified atom stereocenters. The van der Waals surface area contributed by atoms with Crippen molar-refractivity contribution in [1.29, 1.82) is 0 Å². The van der Waals surface area contributed by atoms with E-state index in [-0.39, 0.29) is 5.91 Å². The topological polar surface area (TPSA) is 101 Å². The highest BCUT2D eigenvalue weighted by Crippen LogP contribution is 2.13. The van der Waals surface area contributed by atoms with Gasteiger partial charge in [-0.25, -0.2) is 9.97 Å². The maximum atomic E-state index is 10.6. The van der Waals surface area contributed by atoms with Crippen LogP contribution in [-0.2, 0) is 9.59 Å². The third-order valence-electron chi connectivity index (χ3n) is 4.40. The molecule has 2 amide bonds. The molecule has 2 aromatic rings. The highest BCUT2D eigenvalue weighted by Gasteiger charge is 2.13. The highest BCUT2D eigenvalue weighted by molar-refractivity contribution is 7.07. The number of rotatable bonds is 3. The van der Waals surface area contributed by atoms with Gasteiger partial charge in [0.15, 0.2) is 0 Å². The van der Waals surface area contributed by atoms with Gasteiger partial charge in [0.2, 0.25) is 12.3 Å². The number of carbonyl (C=O) groups is 2. The van der Waals surface area contributed by atoms with E-state index in [1.54, 1.807) is 22.9 Å². The van der Waals surface area contributed by atoms with Gasteiger partial charge in [-0.2, -0.15) is 0 Å². The molecule has 0 radical (unpaired) electrons. The number of anilines is 2. The molecule has 31 heavy (non-hydrogen) atoms. The van der Waals surface area contributed by atoms with Crippen molar-refractivity contribution in [2.45, 2.75) is 40.5 Å². The summed E-state index contributed by atoms with van der Waals surface area (Å²) in [5, 5.41) is 3.59. The van der Waals surface area contributed by atoms with Gasteiger partial charge in [-0.15, -0.1) is 11.3 Å². The molecular weight excluding hydrogens is 410 g/mol. The summed E-state index contributed by atoms with van der Waals surface area (Å²) in [5.74, 6) is 1.09. The highest BCUT2D eigenvalue weighted by atomic mass is 32.1. The molecule has 3 heterocycles. The van der Waals surface area contributed by atoms with Gasteiger partial charge in [-0.05, 0) is 50.3 Å². The second-order valence-electron chi connectivity index (χ2n) is 7.31. The van der Waals surface area contributed by atoms with Crippen LogP contribution >= 0.6 is 11.3 Å². The van der Waals surface area contributed by atoms with Gasteiger partial charge < -0.3 is 16.0 Å². The molecule has 0 aromatic carbocycles. The monoisotopic (exact) mass is 443 g/mol. The number of likely N-dealkylation sites (tertiary alicyclic amines) is 1. The molecule has 1 aliphatic rings. The van der Waals surface area contributed by atoms with Gasteiger partial charge >= 0.3 is 0 Å². The average Bonchev–Trinajstić information content (AvgIpc) is 3.14. The van der Waals surface area contributed by atoms with E-state index in [1.807, 2.05) is 37.0 Å². The van der Waals surface area contributed by atoms with Crippen LogP contribution in [0.2, 0.25) is 0 Å². The number of pyridine rings is 1. The number of nitrogen functional groups attached to an aromatic ring is 1. The van der Waals surface area contributed by atoms with Crippen LogP contribution < -0.4 is 20.9 Å². The zero-order valence-electron chi connectivity index (χ0n) is 18.8. The van der Waals surface area contributed by atoms with Crippen LogP contribution in [0.1, 0.15) is 39.2 Å². The zero-order chi connectivity index (χ0) is 23.2. The Bertz CT molecular complexity index is 971. The van der Waals surface area contributed by atoms with Crippen molar-refractivity contribution in [3.8, 4) is 0 Å². The van der Waals surface area contributed by atoms with Gasteiger partial charge in [-0.1, -0.05) is 25.7 Å². The number of hydrogen-bond donors (Lipinski definition) is 2.